The van der Waals surface area contributed by atoms with Crippen LogP contribution in [0, 0.1) is 11.7 Å². The lowest BCUT2D eigenvalue weighted by atomic mass is 9.96. The number of carbonyl (C=O) groups is 2. The van der Waals surface area contributed by atoms with Crippen molar-refractivity contribution in [2.75, 3.05) is 19.6 Å². The zero-order chi connectivity index (χ0) is 19.2. The summed E-state index contributed by atoms with van der Waals surface area (Å²) < 4.78 is 13.2. The standard InChI is InChI=1S/C21H22ClFN2O2/c22-18-8-6-16(7-9-18)21(27)25-12-2-4-17(14-25)20(26)24-11-10-15-3-1-5-19(23)13-15/h1,3,5-9,13,17H,2,4,10-12,14H2,(H,24,26). The topological polar surface area (TPSA) is 49.4 Å². The summed E-state index contributed by atoms with van der Waals surface area (Å²) in [4.78, 5) is 26.8. The molecule has 1 heterocycles. The fourth-order valence-corrected chi connectivity index (χ4v) is 3.44. The Morgan fingerprint density at radius 3 is 2.70 bits per heavy atom. The Morgan fingerprint density at radius 2 is 1.96 bits per heavy atom. The number of amides is 2. The molecular weight excluding hydrogens is 367 g/mol. The van der Waals surface area contributed by atoms with Gasteiger partial charge in [-0.3, -0.25) is 9.59 Å². The molecule has 2 amide bonds. The van der Waals surface area contributed by atoms with Crippen molar-refractivity contribution in [2.45, 2.75) is 19.3 Å². The van der Waals surface area contributed by atoms with E-state index in [2.05, 4.69) is 5.32 Å². The Balaban J connectivity index is 1.51. The van der Waals surface area contributed by atoms with Crippen molar-refractivity contribution in [2.24, 2.45) is 5.92 Å². The van der Waals surface area contributed by atoms with Gasteiger partial charge in [-0.1, -0.05) is 23.7 Å². The summed E-state index contributed by atoms with van der Waals surface area (Å²) in [6.07, 6.45) is 2.13. The summed E-state index contributed by atoms with van der Waals surface area (Å²) in [6, 6.07) is 13.2. The SMILES string of the molecule is O=C(NCCc1cccc(F)c1)C1CCCN(C(=O)c2ccc(Cl)cc2)C1. The number of carbonyl (C=O) groups excluding carboxylic acids is 2. The minimum Gasteiger partial charge on any atom is -0.355 e. The number of likely N-dealkylation sites (tertiary alicyclic amines) is 1. The second-order valence-electron chi connectivity index (χ2n) is 6.77. The molecule has 1 aliphatic rings. The highest BCUT2D eigenvalue weighted by Gasteiger charge is 2.28. The van der Waals surface area contributed by atoms with E-state index >= 15 is 0 Å². The number of nitrogens with one attached hydrogen (secondary N) is 1. The van der Waals surface area contributed by atoms with Gasteiger partial charge in [-0.05, 0) is 61.2 Å². The van der Waals surface area contributed by atoms with Gasteiger partial charge in [0.15, 0.2) is 0 Å². The van der Waals surface area contributed by atoms with Gasteiger partial charge in [-0.2, -0.15) is 0 Å². The fourth-order valence-electron chi connectivity index (χ4n) is 3.32. The normalized spacial score (nSPS) is 16.8. The van der Waals surface area contributed by atoms with Gasteiger partial charge in [0.2, 0.25) is 5.91 Å². The molecule has 0 aliphatic carbocycles. The van der Waals surface area contributed by atoms with Crippen LogP contribution in [0.5, 0.6) is 0 Å². The van der Waals surface area contributed by atoms with Crippen LogP contribution in [0.1, 0.15) is 28.8 Å². The average molecular weight is 389 g/mol. The lowest BCUT2D eigenvalue weighted by molar-refractivity contribution is -0.126. The number of halogens is 2. The first-order valence-electron chi connectivity index (χ1n) is 9.10. The first kappa shape index (κ1) is 19.4. The van der Waals surface area contributed by atoms with Gasteiger partial charge in [-0.15, -0.1) is 0 Å². The zero-order valence-corrected chi connectivity index (χ0v) is 15.7. The van der Waals surface area contributed by atoms with E-state index in [1.165, 1.54) is 12.1 Å². The van der Waals surface area contributed by atoms with E-state index < -0.39 is 0 Å². The molecule has 3 rings (SSSR count). The molecule has 1 fully saturated rings. The van der Waals surface area contributed by atoms with Crippen molar-refractivity contribution in [3.63, 3.8) is 0 Å². The van der Waals surface area contributed by atoms with Gasteiger partial charge in [0.1, 0.15) is 5.82 Å². The first-order chi connectivity index (χ1) is 13.0. The van der Waals surface area contributed by atoms with Crippen LogP contribution in [0.25, 0.3) is 0 Å². The third-order valence-electron chi connectivity index (χ3n) is 4.77. The molecule has 1 N–H and O–H groups in total. The third kappa shape index (κ3) is 5.30. The summed E-state index contributed by atoms with van der Waals surface area (Å²) in [7, 11) is 0. The van der Waals surface area contributed by atoms with Crippen LogP contribution in [0.15, 0.2) is 48.5 Å². The zero-order valence-electron chi connectivity index (χ0n) is 15.0. The molecule has 2 aromatic rings. The van der Waals surface area contributed by atoms with Crippen molar-refractivity contribution in [1.82, 2.24) is 10.2 Å². The van der Waals surface area contributed by atoms with Crippen molar-refractivity contribution >= 4 is 23.4 Å². The molecular formula is C21H22ClFN2O2. The van der Waals surface area contributed by atoms with E-state index in [4.69, 9.17) is 11.6 Å². The second kappa shape index (κ2) is 9.00. The smallest absolute Gasteiger partial charge is 0.253 e. The molecule has 0 bridgehead atoms. The Kier molecular flexibility index (Phi) is 6.45. The van der Waals surface area contributed by atoms with Crippen LogP contribution in [0.4, 0.5) is 4.39 Å². The van der Waals surface area contributed by atoms with Crippen LogP contribution in [0.3, 0.4) is 0 Å². The monoisotopic (exact) mass is 388 g/mol. The van der Waals surface area contributed by atoms with Gasteiger partial charge in [-0.25, -0.2) is 4.39 Å². The van der Waals surface area contributed by atoms with Crippen molar-refractivity contribution in [3.05, 3.63) is 70.5 Å². The van der Waals surface area contributed by atoms with E-state index in [9.17, 15) is 14.0 Å². The average Bonchev–Trinajstić information content (AvgIpc) is 2.68. The van der Waals surface area contributed by atoms with E-state index in [1.54, 1.807) is 35.2 Å². The van der Waals surface area contributed by atoms with Crippen LogP contribution < -0.4 is 5.32 Å². The molecule has 1 saturated heterocycles. The number of rotatable bonds is 5. The predicted octanol–water partition coefficient (Wildman–Crippen LogP) is 3.69. The Bertz CT molecular complexity index is 810. The summed E-state index contributed by atoms with van der Waals surface area (Å²) in [5, 5.41) is 3.49. The van der Waals surface area contributed by atoms with Crippen LogP contribution >= 0.6 is 11.6 Å². The molecule has 0 spiro atoms. The minimum atomic E-state index is -0.275. The molecule has 0 radical (unpaired) electrons. The molecule has 1 unspecified atom stereocenters. The highest BCUT2D eigenvalue weighted by Crippen LogP contribution is 2.20. The van der Waals surface area contributed by atoms with Crippen molar-refractivity contribution < 1.29 is 14.0 Å². The highest BCUT2D eigenvalue weighted by atomic mass is 35.5. The Morgan fingerprint density at radius 1 is 1.19 bits per heavy atom. The molecule has 6 heteroatoms. The van der Waals surface area contributed by atoms with Crippen molar-refractivity contribution in [3.8, 4) is 0 Å². The van der Waals surface area contributed by atoms with Gasteiger partial charge >= 0.3 is 0 Å². The van der Waals surface area contributed by atoms with Gasteiger partial charge in [0.25, 0.3) is 5.91 Å². The molecule has 0 aromatic heterocycles. The number of nitrogens with zero attached hydrogens (tertiary/aromatic N) is 1. The maximum Gasteiger partial charge on any atom is 0.253 e. The number of hydrogen-bond acceptors (Lipinski definition) is 2. The van der Waals surface area contributed by atoms with Crippen molar-refractivity contribution in [1.29, 1.82) is 0 Å². The van der Waals surface area contributed by atoms with E-state index in [0.29, 0.717) is 36.6 Å². The Labute approximate surface area is 163 Å². The molecule has 2 aromatic carbocycles. The van der Waals surface area contributed by atoms with E-state index in [1.807, 2.05) is 6.07 Å². The largest absolute Gasteiger partial charge is 0.355 e. The Hall–Kier alpha value is -2.40. The highest BCUT2D eigenvalue weighted by molar-refractivity contribution is 6.30. The number of benzene rings is 2. The van der Waals surface area contributed by atoms with Gasteiger partial charge < -0.3 is 10.2 Å². The van der Waals surface area contributed by atoms with Gasteiger partial charge in [0.05, 0.1) is 5.92 Å². The lowest BCUT2D eigenvalue weighted by Gasteiger charge is -2.32. The molecule has 1 atom stereocenters. The maximum atomic E-state index is 13.2. The third-order valence-corrected chi connectivity index (χ3v) is 5.02. The summed E-state index contributed by atoms with van der Waals surface area (Å²) in [5.41, 5.74) is 1.42. The lowest BCUT2D eigenvalue weighted by Crippen LogP contribution is -2.45. The summed E-state index contributed by atoms with van der Waals surface area (Å²) in [6.45, 7) is 1.51. The quantitative estimate of drug-likeness (QED) is 0.849. The predicted molar refractivity (Wildman–Crippen MR) is 103 cm³/mol. The number of piperidine rings is 1. The molecule has 142 valence electrons. The van der Waals surface area contributed by atoms with Crippen LogP contribution in [-0.4, -0.2) is 36.3 Å². The van der Waals surface area contributed by atoms with E-state index in [0.717, 1.165) is 18.4 Å². The second-order valence-corrected chi connectivity index (χ2v) is 7.20. The molecule has 1 aliphatic heterocycles. The molecule has 0 saturated carbocycles. The van der Waals surface area contributed by atoms with Crippen LogP contribution in [0.2, 0.25) is 5.02 Å². The summed E-state index contributed by atoms with van der Waals surface area (Å²) in [5.74, 6) is -0.631. The molecule has 4 nitrogen and oxygen atoms in total. The first-order valence-corrected chi connectivity index (χ1v) is 9.48. The molecule has 27 heavy (non-hydrogen) atoms. The number of hydrogen-bond donors (Lipinski definition) is 1. The fraction of sp³-hybridized carbons (Fsp3) is 0.333. The summed E-state index contributed by atoms with van der Waals surface area (Å²) >= 11 is 5.87. The van der Waals surface area contributed by atoms with Gasteiger partial charge in [0, 0.05) is 30.2 Å². The maximum absolute atomic E-state index is 13.2. The van der Waals surface area contributed by atoms with E-state index in [-0.39, 0.29) is 23.5 Å². The minimum absolute atomic E-state index is 0.0555. The van der Waals surface area contributed by atoms with Crippen LogP contribution in [-0.2, 0) is 11.2 Å².